The smallest absolute Gasteiger partial charge is 0.264 e. The van der Waals surface area contributed by atoms with Crippen molar-refractivity contribution in [3.63, 3.8) is 0 Å². The van der Waals surface area contributed by atoms with E-state index in [0.717, 1.165) is 18.4 Å². The van der Waals surface area contributed by atoms with Gasteiger partial charge in [-0.05, 0) is 43.2 Å². The summed E-state index contributed by atoms with van der Waals surface area (Å²) >= 11 is 0. The fourth-order valence-corrected chi connectivity index (χ4v) is 3.97. The maximum Gasteiger partial charge on any atom is 0.264 e. The van der Waals surface area contributed by atoms with Gasteiger partial charge in [-0.1, -0.05) is 43.7 Å². The second-order valence-electron chi connectivity index (χ2n) is 5.61. The molecule has 0 aliphatic heterocycles. The molecule has 0 heterocycles. The van der Waals surface area contributed by atoms with Gasteiger partial charge in [0, 0.05) is 0 Å². The number of nitrogens with zero attached hydrogens (tertiary/aromatic N) is 1. The lowest BCUT2D eigenvalue weighted by molar-refractivity contribution is 0.204. The largest absolute Gasteiger partial charge is 0.392 e. The van der Waals surface area contributed by atoms with E-state index in [4.69, 9.17) is 0 Å². The Hall–Kier alpha value is -1.85. The third-order valence-corrected chi connectivity index (χ3v) is 5.33. The van der Waals surface area contributed by atoms with Gasteiger partial charge < -0.3 is 5.11 Å². The van der Waals surface area contributed by atoms with E-state index in [1.807, 2.05) is 18.2 Å². The van der Waals surface area contributed by atoms with Crippen LogP contribution in [0.1, 0.15) is 25.8 Å². The highest BCUT2D eigenvalue weighted by Gasteiger charge is 2.25. The molecule has 124 valence electrons. The van der Waals surface area contributed by atoms with Crippen LogP contribution in [0.4, 0.5) is 5.69 Å². The molecule has 0 spiro atoms. The number of rotatable bonds is 7. The third-order valence-electron chi connectivity index (χ3n) is 3.52. The van der Waals surface area contributed by atoms with E-state index in [1.54, 1.807) is 43.3 Å². The zero-order chi connectivity index (χ0) is 16.9. The summed E-state index contributed by atoms with van der Waals surface area (Å²) in [6.45, 7) is 3.68. The molecular formula is C18H23NO3S. The molecule has 0 fully saturated rings. The van der Waals surface area contributed by atoms with Crippen LogP contribution in [0.5, 0.6) is 0 Å². The first-order chi connectivity index (χ1) is 10.9. The maximum atomic E-state index is 13.0. The van der Waals surface area contributed by atoms with Crippen LogP contribution in [0.3, 0.4) is 0 Å². The van der Waals surface area contributed by atoms with Crippen molar-refractivity contribution in [3.8, 4) is 0 Å². The molecule has 0 amide bonds. The molecule has 0 bridgehead atoms. The minimum absolute atomic E-state index is 0.0169. The highest BCUT2D eigenvalue weighted by Crippen LogP contribution is 2.24. The third kappa shape index (κ3) is 4.33. The van der Waals surface area contributed by atoms with Crippen molar-refractivity contribution in [1.82, 2.24) is 0 Å². The van der Waals surface area contributed by atoms with Crippen molar-refractivity contribution >= 4 is 15.7 Å². The minimum Gasteiger partial charge on any atom is -0.392 e. The molecule has 0 aliphatic rings. The van der Waals surface area contributed by atoms with Crippen LogP contribution in [-0.2, 0) is 16.4 Å². The first-order valence-electron chi connectivity index (χ1n) is 7.80. The monoisotopic (exact) mass is 333 g/mol. The molecule has 0 aliphatic carbocycles. The van der Waals surface area contributed by atoms with Crippen LogP contribution in [0.25, 0.3) is 0 Å². The van der Waals surface area contributed by atoms with E-state index in [0.29, 0.717) is 5.69 Å². The molecule has 2 aromatic carbocycles. The van der Waals surface area contributed by atoms with E-state index < -0.39 is 16.1 Å². The van der Waals surface area contributed by atoms with Crippen molar-refractivity contribution in [2.24, 2.45) is 0 Å². The minimum atomic E-state index is -3.71. The molecule has 2 rings (SSSR count). The van der Waals surface area contributed by atoms with Crippen molar-refractivity contribution in [3.05, 3.63) is 60.2 Å². The van der Waals surface area contributed by atoms with Gasteiger partial charge in [-0.25, -0.2) is 8.42 Å². The summed E-state index contributed by atoms with van der Waals surface area (Å²) in [5, 5.41) is 9.70. The van der Waals surface area contributed by atoms with Crippen molar-refractivity contribution in [2.75, 3.05) is 10.8 Å². The predicted molar refractivity (Wildman–Crippen MR) is 93.1 cm³/mol. The fraction of sp³-hybridized carbons (Fsp3) is 0.333. The zero-order valence-electron chi connectivity index (χ0n) is 13.5. The molecule has 0 saturated carbocycles. The van der Waals surface area contributed by atoms with Gasteiger partial charge in [0.1, 0.15) is 0 Å². The van der Waals surface area contributed by atoms with Crippen LogP contribution in [0, 0.1) is 0 Å². The Morgan fingerprint density at radius 3 is 2.17 bits per heavy atom. The quantitative estimate of drug-likeness (QED) is 0.846. The molecule has 23 heavy (non-hydrogen) atoms. The Bertz CT molecular complexity index is 710. The van der Waals surface area contributed by atoms with E-state index in [-0.39, 0.29) is 11.4 Å². The zero-order valence-corrected chi connectivity index (χ0v) is 14.3. The van der Waals surface area contributed by atoms with Gasteiger partial charge >= 0.3 is 0 Å². The Balaban J connectivity index is 2.39. The Morgan fingerprint density at radius 1 is 1.04 bits per heavy atom. The second kappa shape index (κ2) is 7.62. The molecule has 0 aromatic heterocycles. The Morgan fingerprint density at radius 2 is 1.65 bits per heavy atom. The number of aliphatic hydroxyl groups excluding tert-OH is 1. The average Bonchev–Trinajstić information content (AvgIpc) is 2.54. The van der Waals surface area contributed by atoms with E-state index >= 15 is 0 Å². The maximum absolute atomic E-state index is 13.0. The van der Waals surface area contributed by atoms with Crippen LogP contribution < -0.4 is 4.31 Å². The molecule has 1 atom stereocenters. The summed E-state index contributed by atoms with van der Waals surface area (Å²) in [5.74, 6) is 0. The number of aryl methyl sites for hydroxylation is 1. The van der Waals surface area contributed by atoms with Crippen molar-refractivity contribution in [1.29, 1.82) is 0 Å². The number of hydrogen-bond donors (Lipinski definition) is 1. The van der Waals surface area contributed by atoms with E-state index in [2.05, 4.69) is 6.92 Å². The van der Waals surface area contributed by atoms with Gasteiger partial charge in [0.15, 0.2) is 0 Å². The van der Waals surface area contributed by atoms with Gasteiger partial charge in [0.2, 0.25) is 0 Å². The van der Waals surface area contributed by atoms with Gasteiger partial charge in [-0.15, -0.1) is 0 Å². The van der Waals surface area contributed by atoms with Crippen molar-refractivity contribution in [2.45, 2.75) is 37.7 Å². The van der Waals surface area contributed by atoms with Gasteiger partial charge in [-0.3, -0.25) is 4.31 Å². The topological polar surface area (TPSA) is 57.6 Å². The number of hydrogen-bond acceptors (Lipinski definition) is 3. The molecule has 0 radical (unpaired) electrons. The fourth-order valence-electron chi connectivity index (χ4n) is 2.42. The normalized spacial score (nSPS) is 12.8. The van der Waals surface area contributed by atoms with Crippen LogP contribution in [-0.4, -0.2) is 26.2 Å². The number of anilines is 1. The van der Waals surface area contributed by atoms with Crippen LogP contribution >= 0.6 is 0 Å². The van der Waals surface area contributed by atoms with Crippen molar-refractivity contribution < 1.29 is 13.5 Å². The second-order valence-corrected chi connectivity index (χ2v) is 7.48. The number of aliphatic hydroxyl groups is 1. The number of sulfonamides is 1. The Kier molecular flexibility index (Phi) is 5.80. The molecule has 1 unspecified atom stereocenters. The lowest BCUT2D eigenvalue weighted by Gasteiger charge is -2.25. The Labute approximate surface area is 138 Å². The summed E-state index contributed by atoms with van der Waals surface area (Å²) in [7, 11) is -3.71. The van der Waals surface area contributed by atoms with Gasteiger partial charge in [0.25, 0.3) is 10.0 Å². The lowest BCUT2D eigenvalue weighted by Crippen LogP contribution is -2.36. The van der Waals surface area contributed by atoms with E-state index in [1.165, 1.54) is 4.31 Å². The highest BCUT2D eigenvalue weighted by molar-refractivity contribution is 7.92. The average molecular weight is 333 g/mol. The van der Waals surface area contributed by atoms with Gasteiger partial charge in [0.05, 0.1) is 23.2 Å². The summed E-state index contributed by atoms with van der Waals surface area (Å²) in [6.07, 6.45) is 1.19. The number of para-hydroxylation sites is 1. The lowest BCUT2D eigenvalue weighted by atomic mass is 10.1. The summed E-state index contributed by atoms with van der Waals surface area (Å²) < 4.78 is 27.2. The van der Waals surface area contributed by atoms with Gasteiger partial charge in [-0.2, -0.15) is 0 Å². The standard InChI is InChI=1S/C18H23NO3S/c1-3-7-16-10-12-18(13-11-16)23(21,22)19(14-15(2)20)17-8-5-4-6-9-17/h4-6,8-13,15,20H,3,7,14H2,1-2H3. The highest BCUT2D eigenvalue weighted by atomic mass is 32.2. The molecule has 1 N–H and O–H groups in total. The summed E-state index contributed by atoms with van der Waals surface area (Å²) in [5.41, 5.74) is 1.67. The molecule has 4 nitrogen and oxygen atoms in total. The summed E-state index contributed by atoms with van der Waals surface area (Å²) in [6, 6.07) is 15.8. The van der Waals surface area contributed by atoms with Crippen LogP contribution in [0.15, 0.2) is 59.5 Å². The summed E-state index contributed by atoms with van der Waals surface area (Å²) in [4.78, 5) is 0.238. The predicted octanol–water partition coefficient (Wildman–Crippen LogP) is 3.22. The first kappa shape index (κ1) is 17.5. The molecule has 0 saturated heterocycles. The van der Waals surface area contributed by atoms with E-state index in [9.17, 15) is 13.5 Å². The molecule has 5 heteroatoms. The van der Waals surface area contributed by atoms with Crippen LogP contribution in [0.2, 0.25) is 0 Å². The molecule has 2 aromatic rings. The SMILES string of the molecule is CCCc1ccc(S(=O)(=O)N(CC(C)O)c2ccccc2)cc1. The number of benzene rings is 2. The first-order valence-corrected chi connectivity index (χ1v) is 9.24. The molecular weight excluding hydrogens is 310 g/mol.